The largest absolute Gasteiger partial charge is 0.496 e. The third kappa shape index (κ3) is 3.27. The van der Waals surface area contributed by atoms with Gasteiger partial charge in [-0.25, -0.2) is 4.98 Å². The van der Waals surface area contributed by atoms with Gasteiger partial charge in [0, 0.05) is 18.9 Å². The van der Waals surface area contributed by atoms with Gasteiger partial charge in [0.05, 0.1) is 17.1 Å². The Morgan fingerprint density at radius 2 is 2.10 bits per heavy atom. The first-order chi connectivity index (χ1) is 9.63. The molecule has 0 spiro atoms. The molecule has 1 aromatic carbocycles. The Morgan fingerprint density at radius 3 is 2.65 bits per heavy atom. The number of pyridine rings is 1. The molecule has 0 saturated heterocycles. The van der Waals surface area contributed by atoms with E-state index >= 15 is 0 Å². The summed E-state index contributed by atoms with van der Waals surface area (Å²) in [5.41, 5.74) is 1.18. The SMILES string of the molecule is CNc1ccc(C(=O)Nc2ccc(OC)c(Br)c2)cn1. The molecule has 0 aliphatic rings. The number of hydrogen-bond acceptors (Lipinski definition) is 4. The standard InChI is InChI=1S/C14H14BrN3O2/c1-16-13-6-3-9(8-17-13)14(19)18-10-4-5-12(20-2)11(15)7-10/h3-8H,1-2H3,(H,16,17)(H,18,19). The van der Waals surface area contributed by atoms with Crippen molar-refractivity contribution in [3.8, 4) is 5.75 Å². The van der Waals surface area contributed by atoms with Crippen LogP contribution >= 0.6 is 15.9 Å². The molecular weight excluding hydrogens is 322 g/mol. The van der Waals surface area contributed by atoms with E-state index < -0.39 is 0 Å². The third-order valence-corrected chi connectivity index (χ3v) is 3.31. The lowest BCUT2D eigenvalue weighted by Crippen LogP contribution is -2.12. The number of amides is 1. The van der Waals surface area contributed by atoms with E-state index in [0.29, 0.717) is 22.8 Å². The van der Waals surface area contributed by atoms with Crippen LogP contribution in [0.5, 0.6) is 5.75 Å². The number of anilines is 2. The molecule has 0 fully saturated rings. The van der Waals surface area contributed by atoms with Crippen molar-refractivity contribution in [1.29, 1.82) is 0 Å². The van der Waals surface area contributed by atoms with Crippen LogP contribution < -0.4 is 15.4 Å². The van der Waals surface area contributed by atoms with Crippen LogP contribution in [0.3, 0.4) is 0 Å². The zero-order valence-electron chi connectivity index (χ0n) is 11.1. The molecule has 6 heteroatoms. The van der Waals surface area contributed by atoms with Crippen LogP contribution in [0.4, 0.5) is 11.5 Å². The topological polar surface area (TPSA) is 63.2 Å². The first kappa shape index (κ1) is 14.3. The summed E-state index contributed by atoms with van der Waals surface area (Å²) >= 11 is 3.38. The second-order valence-electron chi connectivity index (χ2n) is 3.99. The van der Waals surface area contributed by atoms with Gasteiger partial charge in [0.15, 0.2) is 0 Å². The molecule has 0 bridgehead atoms. The van der Waals surface area contributed by atoms with Gasteiger partial charge < -0.3 is 15.4 Å². The maximum Gasteiger partial charge on any atom is 0.257 e. The van der Waals surface area contributed by atoms with E-state index in [1.54, 1.807) is 44.5 Å². The molecule has 2 aromatic rings. The smallest absolute Gasteiger partial charge is 0.257 e. The molecule has 0 radical (unpaired) electrons. The number of carbonyl (C=O) groups excluding carboxylic acids is 1. The number of nitrogens with zero attached hydrogens (tertiary/aromatic N) is 1. The number of methoxy groups -OCH3 is 1. The molecule has 0 aliphatic heterocycles. The molecule has 1 aromatic heterocycles. The van der Waals surface area contributed by atoms with E-state index in [1.807, 2.05) is 0 Å². The van der Waals surface area contributed by atoms with E-state index in [2.05, 4.69) is 31.5 Å². The lowest BCUT2D eigenvalue weighted by atomic mass is 10.2. The Kier molecular flexibility index (Phi) is 4.57. The van der Waals surface area contributed by atoms with E-state index in [9.17, 15) is 4.79 Å². The van der Waals surface area contributed by atoms with Gasteiger partial charge >= 0.3 is 0 Å². The Morgan fingerprint density at radius 1 is 1.30 bits per heavy atom. The monoisotopic (exact) mass is 335 g/mol. The highest BCUT2D eigenvalue weighted by Gasteiger charge is 2.08. The van der Waals surface area contributed by atoms with Gasteiger partial charge in [-0.15, -0.1) is 0 Å². The van der Waals surface area contributed by atoms with E-state index in [0.717, 1.165) is 4.47 Å². The summed E-state index contributed by atoms with van der Waals surface area (Å²) in [6.45, 7) is 0. The molecule has 2 N–H and O–H groups in total. The van der Waals surface area contributed by atoms with Crippen molar-refractivity contribution in [2.75, 3.05) is 24.8 Å². The number of nitrogens with one attached hydrogen (secondary N) is 2. The lowest BCUT2D eigenvalue weighted by molar-refractivity contribution is 0.102. The van der Waals surface area contributed by atoms with Crippen LogP contribution in [0.25, 0.3) is 0 Å². The number of hydrogen-bond donors (Lipinski definition) is 2. The van der Waals surface area contributed by atoms with E-state index in [1.165, 1.54) is 6.20 Å². The summed E-state index contributed by atoms with van der Waals surface area (Å²) < 4.78 is 5.92. The Labute approximate surface area is 125 Å². The average molecular weight is 336 g/mol. The molecular formula is C14H14BrN3O2. The molecule has 0 aliphatic carbocycles. The van der Waals surface area contributed by atoms with Crippen LogP contribution in [0, 0.1) is 0 Å². The summed E-state index contributed by atoms with van der Waals surface area (Å²) in [7, 11) is 3.37. The minimum Gasteiger partial charge on any atom is -0.496 e. The maximum atomic E-state index is 12.1. The highest BCUT2D eigenvalue weighted by Crippen LogP contribution is 2.27. The highest BCUT2D eigenvalue weighted by atomic mass is 79.9. The minimum atomic E-state index is -0.211. The zero-order valence-corrected chi connectivity index (χ0v) is 12.7. The molecule has 1 amide bonds. The summed E-state index contributed by atoms with van der Waals surface area (Å²) in [6, 6.07) is 8.80. The predicted molar refractivity (Wildman–Crippen MR) is 82.4 cm³/mol. The minimum absolute atomic E-state index is 0.211. The number of benzene rings is 1. The van der Waals surface area contributed by atoms with Gasteiger partial charge in [-0.2, -0.15) is 0 Å². The van der Waals surface area contributed by atoms with Crippen molar-refractivity contribution in [2.24, 2.45) is 0 Å². The fraction of sp³-hybridized carbons (Fsp3) is 0.143. The quantitative estimate of drug-likeness (QED) is 0.900. The first-order valence-electron chi connectivity index (χ1n) is 5.92. The molecule has 0 unspecified atom stereocenters. The van der Waals surface area contributed by atoms with Gasteiger partial charge in [-0.1, -0.05) is 0 Å². The van der Waals surface area contributed by atoms with Gasteiger partial charge in [0.2, 0.25) is 0 Å². The van der Waals surface area contributed by atoms with Crippen LogP contribution in [0.2, 0.25) is 0 Å². The van der Waals surface area contributed by atoms with Crippen molar-refractivity contribution in [3.63, 3.8) is 0 Å². The average Bonchev–Trinajstić information content (AvgIpc) is 2.47. The van der Waals surface area contributed by atoms with Crippen molar-refractivity contribution >= 4 is 33.3 Å². The fourth-order valence-electron chi connectivity index (χ4n) is 1.62. The van der Waals surface area contributed by atoms with Crippen molar-refractivity contribution < 1.29 is 9.53 Å². The van der Waals surface area contributed by atoms with Crippen molar-refractivity contribution in [3.05, 3.63) is 46.6 Å². The number of halogens is 1. The number of rotatable bonds is 4. The highest BCUT2D eigenvalue weighted by molar-refractivity contribution is 9.10. The second kappa shape index (κ2) is 6.38. The second-order valence-corrected chi connectivity index (χ2v) is 4.84. The summed E-state index contributed by atoms with van der Waals surface area (Å²) in [5.74, 6) is 1.22. The summed E-state index contributed by atoms with van der Waals surface area (Å²) in [4.78, 5) is 16.2. The Bertz CT molecular complexity index is 614. The normalized spacial score (nSPS) is 9.95. The van der Waals surface area contributed by atoms with Gasteiger partial charge in [-0.05, 0) is 46.3 Å². The van der Waals surface area contributed by atoms with Crippen LogP contribution in [-0.2, 0) is 0 Å². The fourth-order valence-corrected chi connectivity index (χ4v) is 2.16. The van der Waals surface area contributed by atoms with Gasteiger partial charge in [0.25, 0.3) is 5.91 Å². The van der Waals surface area contributed by atoms with Crippen LogP contribution in [0.1, 0.15) is 10.4 Å². The first-order valence-corrected chi connectivity index (χ1v) is 6.72. The number of carbonyl (C=O) groups is 1. The van der Waals surface area contributed by atoms with Crippen molar-refractivity contribution in [2.45, 2.75) is 0 Å². The number of ether oxygens (including phenoxy) is 1. The summed E-state index contributed by atoms with van der Waals surface area (Å²) in [5, 5.41) is 5.70. The summed E-state index contributed by atoms with van der Waals surface area (Å²) in [6.07, 6.45) is 1.53. The van der Waals surface area contributed by atoms with Crippen LogP contribution in [0.15, 0.2) is 41.0 Å². The Hall–Kier alpha value is -2.08. The maximum absolute atomic E-state index is 12.1. The molecule has 1 heterocycles. The van der Waals surface area contributed by atoms with E-state index in [-0.39, 0.29) is 5.91 Å². The molecule has 0 atom stereocenters. The third-order valence-electron chi connectivity index (χ3n) is 2.69. The zero-order chi connectivity index (χ0) is 14.5. The lowest BCUT2D eigenvalue weighted by Gasteiger charge is -2.08. The molecule has 2 rings (SSSR count). The van der Waals surface area contributed by atoms with Crippen molar-refractivity contribution in [1.82, 2.24) is 4.98 Å². The Balaban J connectivity index is 2.12. The molecule has 104 valence electrons. The number of aromatic nitrogens is 1. The van der Waals surface area contributed by atoms with Gasteiger partial charge in [-0.3, -0.25) is 4.79 Å². The predicted octanol–water partition coefficient (Wildman–Crippen LogP) is 3.15. The molecule has 5 nitrogen and oxygen atoms in total. The van der Waals surface area contributed by atoms with Gasteiger partial charge in [0.1, 0.15) is 11.6 Å². The molecule has 0 saturated carbocycles. The van der Waals surface area contributed by atoms with Crippen LogP contribution in [-0.4, -0.2) is 25.0 Å². The van der Waals surface area contributed by atoms with E-state index in [4.69, 9.17) is 4.74 Å². The molecule has 20 heavy (non-hydrogen) atoms.